The zero-order valence-corrected chi connectivity index (χ0v) is 6.75. The second-order valence-corrected chi connectivity index (χ2v) is 2.97. The van der Waals surface area contributed by atoms with E-state index in [1.807, 2.05) is 0 Å². The van der Waals surface area contributed by atoms with Crippen LogP contribution in [0.25, 0.3) is 0 Å². The van der Waals surface area contributed by atoms with Crippen molar-refractivity contribution in [3.8, 4) is 0 Å². The zero-order chi connectivity index (χ0) is 8.32. The fourth-order valence-corrected chi connectivity index (χ4v) is 1.20. The van der Waals surface area contributed by atoms with E-state index in [9.17, 15) is 5.11 Å². The van der Waals surface area contributed by atoms with Crippen LogP contribution in [0.3, 0.4) is 0 Å². The van der Waals surface area contributed by atoms with E-state index >= 15 is 0 Å². The third kappa shape index (κ3) is 1.90. The number of methoxy groups -OCH3 is 1. The van der Waals surface area contributed by atoms with Gasteiger partial charge in [-0.2, -0.15) is 0 Å². The first-order chi connectivity index (χ1) is 5.19. The molecule has 1 aliphatic heterocycles. The van der Waals surface area contributed by atoms with E-state index in [1.54, 1.807) is 7.11 Å². The maximum atomic E-state index is 9.76. The summed E-state index contributed by atoms with van der Waals surface area (Å²) >= 11 is 0. The van der Waals surface area contributed by atoms with Crippen LogP contribution in [0.5, 0.6) is 0 Å². The van der Waals surface area contributed by atoms with Gasteiger partial charge >= 0.3 is 0 Å². The van der Waals surface area contributed by atoms with E-state index in [2.05, 4.69) is 0 Å². The van der Waals surface area contributed by atoms with Gasteiger partial charge in [0, 0.05) is 20.1 Å². The van der Waals surface area contributed by atoms with Crippen molar-refractivity contribution in [1.29, 1.82) is 0 Å². The highest BCUT2D eigenvalue weighted by atomic mass is 16.5. The molecule has 1 fully saturated rings. The molecule has 0 aromatic rings. The van der Waals surface area contributed by atoms with E-state index < -0.39 is 5.60 Å². The molecule has 2 unspecified atom stereocenters. The first kappa shape index (κ1) is 8.93. The van der Waals surface area contributed by atoms with Crippen LogP contribution in [0, 0.1) is 0 Å². The van der Waals surface area contributed by atoms with Crippen LogP contribution in [0.1, 0.15) is 6.42 Å². The monoisotopic (exact) mass is 161 g/mol. The van der Waals surface area contributed by atoms with Gasteiger partial charge in [-0.1, -0.05) is 0 Å². The van der Waals surface area contributed by atoms with E-state index in [0.29, 0.717) is 26.2 Å². The summed E-state index contributed by atoms with van der Waals surface area (Å²) < 4.78 is 9.88. The van der Waals surface area contributed by atoms with Crippen LogP contribution in [-0.2, 0) is 9.47 Å². The molecule has 0 bridgehead atoms. The lowest BCUT2D eigenvalue weighted by Gasteiger charge is -2.27. The van der Waals surface area contributed by atoms with Gasteiger partial charge in [0.2, 0.25) is 0 Å². The predicted molar refractivity (Wildman–Crippen MR) is 40.2 cm³/mol. The third-order valence-corrected chi connectivity index (χ3v) is 2.07. The van der Waals surface area contributed by atoms with Crippen molar-refractivity contribution in [2.24, 2.45) is 5.73 Å². The number of aliphatic hydroxyl groups is 1. The van der Waals surface area contributed by atoms with Gasteiger partial charge < -0.3 is 20.3 Å². The molecule has 3 N–H and O–H groups in total. The van der Waals surface area contributed by atoms with Gasteiger partial charge in [0.15, 0.2) is 0 Å². The summed E-state index contributed by atoms with van der Waals surface area (Å²) in [6, 6.07) is -0.338. The van der Waals surface area contributed by atoms with Crippen LogP contribution in [0.4, 0.5) is 0 Å². The fourth-order valence-electron chi connectivity index (χ4n) is 1.20. The summed E-state index contributed by atoms with van der Waals surface area (Å²) in [6.45, 7) is 1.30. The van der Waals surface area contributed by atoms with Gasteiger partial charge in [-0.3, -0.25) is 0 Å². The fraction of sp³-hybridized carbons (Fsp3) is 1.00. The quantitative estimate of drug-likeness (QED) is 0.563. The minimum absolute atomic E-state index is 0.331. The average molecular weight is 161 g/mol. The van der Waals surface area contributed by atoms with Gasteiger partial charge in [0.1, 0.15) is 5.60 Å². The lowest BCUT2D eigenvalue weighted by molar-refractivity contribution is -0.0174. The van der Waals surface area contributed by atoms with Crippen LogP contribution in [-0.4, -0.2) is 43.7 Å². The Kier molecular flexibility index (Phi) is 2.84. The minimum atomic E-state index is -0.865. The Morgan fingerprint density at radius 1 is 1.82 bits per heavy atom. The van der Waals surface area contributed by atoms with Gasteiger partial charge in [-0.25, -0.2) is 0 Å². The second kappa shape index (κ2) is 3.49. The van der Waals surface area contributed by atoms with Gasteiger partial charge in [-0.15, -0.1) is 0 Å². The summed E-state index contributed by atoms with van der Waals surface area (Å²) in [6.07, 6.45) is 0.609. The van der Waals surface area contributed by atoms with Crippen molar-refractivity contribution < 1.29 is 14.6 Å². The Morgan fingerprint density at radius 2 is 2.55 bits per heavy atom. The average Bonchev–Trinajstić information content (AvgIpc) is 2.38. The molecule has 2 atom stereocenters. The first-order valence-electron chi connectivity index (χ1n) is 3.74. The van der Waals surface area contributed by atoms with E-state index in [1.165, 1.54) is 0 Å². The zero-order valence-electron chi connectivity index (χ0n) is 6.75. The van der Waals surface area contributed by atoms with Crippen molar-refractivity contribution in [1.82, 2.24) is 0 Å². The highest BCUT2D eigenvalue weighted by Gasteiger charge is 2.38. The van der Waals surface area contributed by atoms with Crippen molar-refractivity contribution in [2.75, 3.05) is 26.9 Å². The van der Waals surface area contributed by atoms with Crippen LogP contribution < -0.4 is 5.73 Å². The Bertz CT molecular complexity index is 123. The molecule has 1 heterocycles. The summed E-state index contributed by atoms with van der Waals surface area (Å²) in [5, 5.41) is 9.76. The number of hydrogen-bond acceptors (Lipinski definition) is 4. The second-order valence-electron chi connectivity index (χ2n) is 2.97. The molecule has 0 amide bonds. The molecule has 0 aromatic heterocycles. The van der Waals surface area contributed by atoms with E-state index in [-0.39, 0.29) is 6.04 Å². The van der Waals surface area contributed by atoms with Crippen LogP contribution >= 0.6 is 0 Å². The maximum Gasteiger partial charge on any atom is 0.107 e. The molecule has 11 heavy (non-hydrogen) atoms. The summed E-state index contributed by atoms with van der Waals surface area (Å²) in [5.74, 6) is 0. The summed E-state index contributed by atoms with van der Waals surface area (Å²) in [5.41, 5.74) is 4.80. The Morgan fingerprint density at radius 3 is 3.00 bits per heavy atom. The molecule has 4 nitrogen and oxygen atoms in total. The number of rotatable bonds is 3. The SMILES string of the molecule is COCC(N)C1(O)CCOC1. The van der Waals surface area contributed by atoms with Crippen LogP contribution in [0.2, 0.25) is 0 Å². The standard InChI is InChI=1S/C7H15NO3/c1-10-4-6(8)7(9)2-3-11-5-7/h6,9H,2-5,8H2,1H3. The topological polar surface area (TPSA) is 64.7 Å². The molecule has 0 spiro atoms. The molecule has 1 rings (SSSR count). The first-order valence-corrected chi connectivity index (χ1v) is 3.74. The molecular weight excluding hydrogens is 146 g/mol. The Labute approximate surface area is 66.3 Å². The van der Waals surface area contributed by atoms with E-state index in [0.717, 1.165) is 0 Å². The molecule has 1 saturated heterocycles. The van der Waals surface area contributed by atoms with Gasteiger partial charge in [0.25, 0.3) is 0 Å². The van der Waals surface area contributed by atoms with Crippen LogP contribution in [0.15, 0.2) is 0 Å². The van der Waals surface area contributed by atoms with Crippen molar-refractivity contribution in [2.45, 2.75) is 18.1 Å². The maximum absolute atomic E-state index is 9.76. The Hall–Kier alpha value is -0.160. The Balaban J connectivity index is 2.42. The summed E-state index contributed by atoms with van der Waals surface area (Å²) in [7, 11) is 1.57. The largest absolute Gasteiger partial charge is 0.386 e. The molecule has 1 aliphatic rings. The molecule has 66 valence electrons. The normalized spacial score (nSPS) is 34.1. The smallest absolute Gasteiger partial charge is 0.107 e. The molecule has 0 saturated carbocycles. The molecule has 4 heteroatoms. The van der Waals surface area contributed by atoms with Crippen molar-refractivity contribution >= 4 is 0 Å². The predicted octanol–water partition coefficient (Wildman–Crippen LogP) is -0.888. The highest BCUT2D eigenvalue weighted by molar-refractivity contribution is 4.92. The molecule has 0 aromatic carbocycles. The van der Waals surface area contributed by atoms with E-state index in [4.69, 9.17) is 15.2 Å². The highest BCUT2D eigenvalue weighted by Crippen LogP contribution is 2.21. The number of hydrogen-bond donors (Lipinski definition) is 2. The molecule has 0 radical (unpaired) electrons. The van der Waals surface area contributed by atoms with Gasteiger partial charge in [0.05, 0.1) is 19.3 Å². The number of ether oxygens (including phenoxy) is 2. The number of nitrogens with two attached hydrogens (primary N) is 1. The summed E-state index contributed by atoms with van der Waals surface area (Å²) in [4.78, 5) is 0. The lowest BCUT2D eigenvalue weighted by Crippen LogP contribution is -2.51. The molecular formula is C7H15NO3. The third-order valence-electron chi connectivity index (χ3n) is 2.07. The van der Waals surface area contributed by atoms with Crippen molar-refractivity contribution in [3.63, 3.8) is 0 Å². The van der Waals surface area contributed by atoms with Crippen molar-refractivity contribution in [3.05, 3.63) is 0 Å². The minimum Gasteiger partial charge on any atom is -0.386 e. The molecule has 0 aliphatic carbocycles. The lowest BCUT2D eigenvalue weighted by atomic mass is 9.95. The van der Waals surface area contributed by atoms with Gasteiger partial charge in [-0.05, 0) is 0 Å².